The van der Waals surface area contributed by atoms with Gasteiger partial charge in [-0.05, 0) is 0 Å². The molecule has 0 fully saturated rings. The monoisotopic (exact) mass is 178 g/mol. The SMILES string of the molecule is C=CCO[PH](=O)CCC(=O)O. The molecular weight excluding hydrogens is 167 g/mol. The third-order valence-electron chi connectivity index (χ3n) is 0.905. The van der Waals surface area contributed by atoms with Crippen molar-refractivity contribution in [2.75, 3.05) is 12.8 Å². The first-order chi connectivity index (χ1) is 5.16. The average Bonchev–Trinajstić information content (AvgIpc) is 1.97. The van der Waals surface area contributed by atoms with Gasteiger partial charge in [0.15, 0.2) is 8.03 Å². The lowest BCUT2D eigenvalue weighted by Crippen LogP contribution is -1.96. The quantitative estimate of drug-likeness (QED) is 0.489. The molecule has 0 amide bonds. The molecule has 0 aromatic heterocycles. The first-order valence-electron chi connectivity index (χ1n) is 3.15. The van der Waals surface area contributed by atoms with Gasteiger partial charge in [-0.1, -0.05) is 6.08 Å². The summed E-state index contributed by atoms with van der Waals surface area (Å²) in [6, 6.07) is 0. The predicted molar refractivity (Wildman–Crippen MR) is 42.3 cm³/mol. The van der Waals surface area contributed by atoms with E-state index in [9.17, 15) is 9.36 Å². The maximum Gasteiger partial charge on any atom is 0.303 e. The second-order valence-corrected chi connectivity index (χ2v) is 3.40. The molecule has 0 rings (SSSR count). The number of aliphatic carboxylic acids is 1. The van der Waals surface area contributed by atoms with Crippen LogP contribution in [0.3, 0.4) is 0 Å². The normalized spacial score (nSPS) is 12.4. The Kier molecular flexibility index (Phi) is 5.80. The zero-order valence-corrected chi connectivity index (χ0v) is 7.08. The van der Waals surface area contributed by atoms with E-state index in [0.29, 0.717) is 0 Å². The number of hydrogen-bond donors (Lipinski definition) is 1. The molecule has 0 saturated carbocycles. The molecule has 0 spiro atoms. The minimum atomic E-state index is -2.15. The maximum absolute atomic E-state index is 10.8. The summed E-state index contributed by atoms with van der Waals surface area (Å²) in [5, 5.41) is 8.19. The van der Waals surface area contributed by atoms with Crippen molar-refractivity contribution in [1.82, 2.24) is 0 Å². The van der Waals surface area contributed by atoms with Crippen LogP contribution in [0.5, 0.6) is 0 Å². The lowest BCUT2D eigenvalue weighted by molar-refractivity contribution is -0.136. The van der Waals surface area contributed by atoms with Crippen LogP contribution in [0.2, 0.25) is 0 Å². The van der Waals surface area contributed by atoms with Crippen molar-refractivity contribution in [3.63, 3.8) is 0 Å². The molecule has 1 atom stereocenters. The Morgan fingerprint density at radius 3 is 2.82 bits per heavy atom. The van der Waals surface area contributed by atoms with Gasteiger partial charge in [-0.2, -0.15) is 0 Å². The Labute approximate surface area is 65.7 Å². The molecule has 4 nitrogen and oxygen atoms in total. The minimum Gasteiger partial charge on any atom is -0.481 e. The fourth-order valence-electron chi connectivity index (χ4n) is 0.433. The van der Waals surface area contributed by atoms with Crippen LogP contribution >= 0.6 is 8.03 Å². The van der Waals surface area contributed by atoms with E-state index in [-0.39, 0.29) is 19.2 Å². The van der Waals surface area contributed by atoms with E-state index < -0.39 is 14.0 Å². The van der Waals surface area contributed by atoms with Crippen LogP contribution in [0.25, 0.3) is 0 Å². The van der Waals surface area contributed by atoms with Gasteiger partial charge >= 0.3 is 5.97 Å². The van der Waals surface area contributed by atoms with E-state index in [1.54, 1.807) is 0 Å². The Bertz CT molecular complexity index is 166. The summed E-state index contributed by atoms with van der Waals surface area (Å²) in [4.78, 5) is 9.98. The van der Waals surface area contributed by atoms with Gasteiger partial charge in [-0.15, -0.1) is 6.58 Å². The number of rotatable bonds is 6. The van der Waals surface area contributed by atoms with Crippen LogP contribution in [-0.4, -0.2) is 23.8 Å². The van der Waals surface area contributed by atoms with Gasteiger partial charge in [-0.25, -0.2) is 0 Å². The molecule has 0 aromatic carbocycles. The van der Waals surface area contributed by atoms with Crippen LogP contribution in [0, 0.1) is 0 Å². The molecule has 0 aliphatic rings. The molecule has 0 heterocycles. The van der Waals surface area contributed by atoms with Gasteiger partial charge in [0.05, 0.1) is 13.0 Å². The first-order valence-corrected chi connectivity index (χ1v) is 4.67. The van der Waals surface area contributed by atoms with Gasteiger partial charge < -0.3 is 9.63 Å². The average molecular weight is 178 g/mol. The van der Waals surface area contributed by atoms with Gasteiger partial charge in [0, 0.05) is 6.16 Å². The summed E-state index contributed by atoms with van der Waals surface area (Å²) >= 11 is 0. The van der Waals surface area contributed by atoms with Gasteiger partial charge in [0.2, 0.25) is 0 Å². The van der Waals surface area contributed by atoms with E-state index in [1.807, 2.05) is 0 Å². The Morgan fingerprint density at radius 1 is 1.73 bits per heavy atom. The molecule has 5 heteroatoms. The van der Waals surface area contributed by atoms with Crippen molar-refractivity contribution in [3.8, 4) is 0 Å². The van der Waals surface area contributed by atoms with Crippen LogP contribution in [0.4, 0.5) is 0 Å². The highest BCUT2D eigenvalue weighted by molar-refractivity contribution is 7.39. The first kappa shape index (κ1) is 10.4. The summed E-state index contributed by atoms with van der Waals surface area (Å²) in [6.45, 7) is 3.58. The van der Waals surface area contributed by atoms with E-state index in [2.05, 4.69) is 6.58 Å². The topological polar surface area (TPSA) is 63.6 Å². The second-order valence-electron chi connectivity index (χ2n) is 1.87. The molecule has 0 aliphatic carbocycles. The standard InChI is InChI=1S/C6H11O4P/c1-2-4-10-11(9)5-3-6(7)8/h2,11H,1,3-5H2,(H,7,8). The van der Waals surface area contributed by atoms with Crippen LogP contribution in [0.15, 0.2) is 12.7 Å². The van der Waals surface area contributed by atoms with E-state index >= 15 is 0 Å². The highest BCUT2D eigenvalue weighted by Crippen LogP contribution is 2.22. The van der Waals surface area contributed by atoms with Crippen LogP contribution < -0.4 is 0 Å². The summed E-state index contributed by atoms with van der Waals surface area (Å²) in [7, 11) is -2.15. The Morgan fingerprint density at radius 2 is 2.36 bits per heavy atom. The molecule has 11 heavy (non-hydrogen) atoms. The highest BCUT2D eigenvalue weighted by atomic mass is 31.1. The van der Waals surface area contributed by atoms with Crippen molar-refractivity contribution in [1.29, 1.82) is 0 Å². The van der Waals surface area contributed by atoms with Crippen molar-refractivity contribution in [3.05, 3.63) is 12.7 Å². The number of carboxylic acid groups (broad SMARTS) is 1. The molecule has 64 valence electrons. The fraction of sp³-hybridized carbons (Fsp3) is 0.500. The summed E-state index contributed by atoms with van der Waals surface area (Å²) in [5.41, 5.74) is 0. The van der Waals surface area contributed by atoms with E-state index in [0.717, 1.165) is 0 Å². The Balaban J connectivity index is 3.37. The largest absolute Gasteiger partial charge is 0.481 e. The van der Waals surface area contributed by atoms with Crippen molar-refractivity contribution < 1.29 is 19.0 Å². The zero-order chi connectivity index (χ0) is 8.69. The van der Waals surface area contributed by atoms with E-state index in [4.69, 9.17) is 9.63 Å². The molecule has 0 aliphatic heterocycles. The summed E-state index contributed by atoms with van der Waals surface area (Å²) in [6.07, 6.45) is 1.48. The lowest BCUT2D eigenvalue weighted by atomic mass is 10.5. The van der Waals surface area contributed by atoms with Crippen LogP contribution in [0.1, 0.15) is 6.42 Å². The van der Waals surface area contributed by atoms with Crippen molar-refractivity contribution in [2.24, 2.45) is 0 Å². The van der Waals surface area contributed by atoms with E-state index in [1.165, 1.54) is 6.08 Å². The minimum absolute atomic E-state index is 0.102. The third kappa shape index (κ3) is 7.30. The highest BCUT2D eigenvalue weighted by Gasteiger charge is 2.02. The van der Waals surface area contributed by atoms with Crippen molar-refractivity contribution >= 4 is 14.0 Å². The van der Waals surface area contributed by atoms with Gasteiger partial charge in [0.25, 0.3) is 0 Å². The molecular formula is C6H11O4P. The van der Waals surface area contributed by atoms with Gasteiger partial charge in [0.1, 0.15) is 0 Å². The molecule has 0 aromatic rings. The maximum atomic E-state index is 10.8. The molecule has 0 radical (unpaired) electrons. The molecule has 1 unspecified atom stereocenters. The smallest absolute Gasteiger partial charge is 0.303 e. The predicted octanol–water partition coefficient (Wildman–Crippen LogP) is 1.14. The summed E-state index contributed by atoms with van der Waals surface area (Å²) in [5.74, 6) is -0.953. The Hall–Kier alpha value is -0.600. The lowest BCUT2D eigenvalue weighted by Gasteiger charge is -1.97. The zero-order valence-electron chi connectivity index (χ0n) is 6.08. The third-order valence-corrected chi connectivity index (χ3v) is 2.05. The number of carboxylic acids is 1. The van der Waals surface area contributed by atoms with Crippen LogP contribution in [-0.2, 0) is 13.9 Å². The number of carbonyl (C=O) groups is 1. The van der Waals surface area contributed by atoms with Crippen molar-refractivity contribution in [2.45, 2.75) is 6.42 Å². The summed E-state index contributed by atoms with van der Waals surface area (Å²) < 4.78 is 15.5. The van der Waals surface area contributed by atoms with Gasteiger partial charge in [-0.3, -0.25) is 9.36 Å². The second kappa shape index (κ2) is 6.13. The fourth-order valence-corrected chi connectivity index (χ4v) is 1.30. The molecule has 0 saturated heterocycles. The number of hydrogen-bond acceptors (Lipinski definition) is 3. The molecule has 0 bridgehead atoms. The molecule has 1 N–H and O–H groups in total.